The Balaban J connectivity index is 3.09. The molecule has 0 aliphatic carbocycles. The van der Waals surface area contributed by atoms with E-state index in [-0.39, 0.29) is 4.90 Å². The highest BCUT2D eigenvalue weighted by Crippen LogP contribution is 2.23. The van der Waals surface area contributed by atoms with Gasteiger partial charge >= 0.3 is 0 Å². The second kappa shape index (κ2) is 7.04. The van der Waals surface area contributed by atoms with Crippen LogP contribution in [0.25, 0.3) is 0 Å². The number of sulfonamides is 1. The van der Waals surface area contributed by atoms with Gasteiger partial charge in [-0.1, -0.05) is 20.8 Å². The zero-order valence-corrected chi connectivity index (χ0v) is 13.5. The lowest BCUT2D eigenvalue weighted by Crippen LogP contribution is -2.45. The van der Waals surface area contributed by atoms with Crippen LogP contribution >= 0.6 is 0 Å². The molecule has 0 unspecified atom stereocenters. The molecule has 0 fully saturated rings. The second-order valence-corrected chi connectivity index (χ2v) is 6.82. The Labute approximate surface area is 122 Å². The summed E-state index contributed by atoms with van der Waals surface area (Å²) in [4.78, 5) is 4.15. The van der Waals surface area contributed by atoms with Gasteiger partial charge in [-0.2, -0.15) is 0 Å². The van der Waals surface area contributed by atoms with Crippen LogP contribution in [0.1, 0.15) is 47.0 Å². The Morgan fingerprint density at radius 2 is 1.90 bits per heavy atom. The first kappa shape index (κ1) is 16.9. The van der Waals surface area contributed by atoms with Crippen molar-refractivity contribution in [1.29, 1.82) is 0 Å². The quantitative estimate of drug-likeness (QED) is 0.774. The number of hydrogen-bond acceptors (Lipinski definition) is 4. The Morgan fingerprint density at radius 1 is 1.25 bits per heavy atom. The lowest BCUT2D eigenvalue weighted by Gasteiger charge is -2.28. The summed E-state index contributed by atoms with van der Waals surface area (Å²) in [7, 11) is -3.58. The molecule has 0 amide bonds. The maximum atomic E-state index is 12.6. The molecule has 0 saturated carbocycles. The van der Waals surface area contributed by atoms with Gasteiger partial charge in [0.05, 0.1) is 5.69 Å². The van der Waals surface area contributed by atoms with Crippen LogP contribution < -0.4 is 10.0 Å². The van der Waals surface area contributed by atoms with Crippen LogP contribution in [0.2, 0.25) is 0 Å². The summed E-state index contributed by atoms with van der Waals surface area (Å²) in [6, 6.07) is 1.69. The third kappa shape index (κ3) is 4.18. The van der Waals surface area contributed by atoms with Crippen molar-refractivity contribution < 1.29 is 8.42 Å². The molecule has 6 heteroatoms. The molecule has 114 valence electrons. The SMILES string of the molecule is CCCNc1ccncc1S(=O)(=O)NC(C)(CC)CC. The average molecular weight is 299 g/mol. The van der Waals surface area contributed by atoms with Crippen LogP contribution in [0, 0.1) is 0 Å². The largest absolute Gasteiger partial charge is 0.384 e. The van der Waals surface area contributed by atoms with E-state index < -0.39 is 15.6 Å². The summed E-state index contributed by atoms with van der Waals surface area (Å²) < 4.78 is 27.9. The molecule has 0 aromatic carbocycles. The minimum Gasteiger partial charge on any atom is -0.384 e. The van der Waals surface area contributed by atoms with Crippen molar-refractivity contribution in [2.75, 3.05) is 11.9 Å². The van der Waals surface area contributed by atoms with E-state index in [1.54, 1.807) is 12.3 Å². The van der Waals surface area contributed by atoms with Gasteiger partial charge in [-0.3, -0.25) is 4.98 Å². The van der Waals surface area contributed by atoms with Crippen LogP contribution in [0.5, 0.6) is 0 Å². The normalized spacial score (nSPS) is 12.4. The van der Waals surface area contributed by atoms with Crippen molar-refractivity contribution in [3.05, 3.63) is 18.5 Å². The summed E-state index contributed by atoms with van der Waals surface area (Å²) in [6.07, 6.45) is 5.39. The first-order valence-corrected chi connectivity index (χ1v) is 8.58. The van der Waals surface area contributed by atoms with Crippen molar-refractivity contribution in [1.82, 2.24) is 9.71 Å². The van der Waals surface area contributed by atoms with Crippen LogP contribution in [-0.2, 0) is 10.0 Å². The van der Waals surface area contributed by atoms with E-state index >= 15 is 0 Å². The van der Waals surface area contributed by atoms with E-state index in [1.165, 1.54) is 6.20 Å². The van der Waals surface area contributed by atoms with Crippen molar-refractivity contribution in [2.24, 2.45) is 0 Å². The minimum absolute atomic E-state index is 0.210. The third-order valence-electron chi connectivity index (χ3n) is 3.58. The number of nitrogens with zero attached hydrogens (tertiary/aromatic N) is 1. The Bertz CT molecular complexity index is 525. The fourth-order valence-electron chi connectivity index (χ4n) is 1.77. The monoisotopic (exact) mass is 299 g/mol. The van der Waals surface area contributed by atoms with E-state index in [1.807, 2.05) is 27.7 Å². The molecule has 5 nitrogen and oxygen atoms in total. The Morgan fingerprint density at radius 3 is 2.45 bits per heavy atom. The predicted molar refractivity (Wildman–Crippen MR) is 82.3 cm³/mol. The van der Waals surface area contributed by atoms with Crippen LogP contribution in [-0.4, -0.2) is 25.5 Å². The summed E-state index contributed by atoms with van der Waals surface area (Å²) in [5.74, 6) is 0. The first-order valence-electron chi connectivity index (χ1n) is 7.10. The molecular weight excluding hydrogens is 274 g/mol. The molecule has 1 aromatic heterocycles. The van der Waals surface area contributed by atoms with Gasteiger partial charge in [-0.15, -0.1) is 0 Å². The van der Waals surface area contributed by atoms with Gasteiger partial charge in [0.1, 0.15) is 4.90 Å². The molecule has 1 rings (SSSR count). The highest BCUT2D eigenvalue weighted by atomic mass is 32.2. The van der Waals surface area contributed by atoms with E-state index in [2.05, 4.69) is 15.0 Å². The molecule has 0 aliphatic heterocycles. The van der Waals surface area contributed by atoms with E-state index in [4.69, 9.17) is 0 Å². The van der Waals surface area contributed by atoms with Crippen molar-refractivity contribution in [3.8, 4) is 0 Å². The number of hydrogen-bond donors (Lipinski definition) is 2. The number of aromatic nitrogens is 1. The minimum atomic E-state index is -3.58. The van der Waals surface area contributed by atoms with Crippen molar-refractivity contribution >= 4 is 15.7 Å². The predicted octanol–water partition coefficient (Wildman–Crippen LogP) is 2.76. The van der Waals surface area contributed by atoms with Gasteiger partial charge in [0, 0.05) is 24.5 Å². The lowest BCUT2D eigenvalue weighted by molar-refractivity contribution is 0.388. The zero-order valence-electron chi connectivity index (χ0n) is 12.7. The fraction of sp³-hybridized carbons (Fsp3) is 0.643. The van der Waals surface area contributed by atoms with Crippen LogP contribution in [0.4, 0.5) is 5.69 Å². The maximum Gasteiger partial charge on any atom is 0.244 e. The molecule has 0 aliphatic rings. The topological polar surface area (TPSA) is 71.1 Å². The summed E-state index contributed by atoms with van der Waals surface area (Å²) in [5, 5.41) is 3.13. The number of nitrogens with one attached hydrogen (secondary N) is 2. The average Bonchev–Trinajstić information content (AvgIpc) is 2.44. The number of anilines is 1. The molecule has 0 atom stereocenters. The molecule has 0 radical (unpaired) electrons. The van der Waals surface area contributed by atoms with Gasteiger partial charge in [0.15, 0.2) is 0 Å². The lowest BCUT2D eigenvalue weighted by atomic mass is 9.98. The number of pyridine rings is 1. The molecule has 20 heavy (non-hydrogen) atoms. The fourth-order valence-corrected chi connectivity index (χ4v) is 3.45. The smallest absolute Gasteiger partial charge is 0.244 e. The standard InChI is InChI=1S/C14H25N3O2S/c1-5-9-16-12-8-10-15-11-13(12)20(18,19)17-14(4,6-2)7-3/h8,10-11,17H,5-7,9H2,1-4H3,(H,15,16). The van der Waals surface area contributed by atoms with Gasteiger partial charge in [0.2, 0.25) is 10.0 Å². The van der Waals surface area contributed by atoms with Gasteiger partial charge in [-0.25, -0.2) is 13.1 Å². The van der Waals surface area contributed by atoms with Gasteiger partial charge in [-0.05, 0) is 32.3 Å². The molecule has 0 spiro atoms. The van der Waals surface area contributed by atoms with Crippen molar-refractivity contribution in [2.45, 2.75) is 57.4 Å². The molecule has 1 aromatic rings. The zero-order chi connectivity index (χ0) is 15.2. The highest BCUT2D eigenvalue weighted by Gasteiger charge is 2.29. The van der Waals surface area contributed by atoms with Gasteiger partial charge < -0.3 is 5.32 Å². The Kier molecular flexibility index (Phi) is 5.95. The van der Waals surface area contributed by atoms with Crippen molar-refractivity contribution in [3.63, 3.8) is 0 Å². The second-order valence-electron chi connectivity index (χ2n) is 5.17. The summed E-state index contributed by atoms with van der Waals surface area (Å²) >= 11 is 0. The first-order chi connectivity index (χ1) is 9.38. The van der Waals surface area contributed by atoms with Crippen LogP contribution in [0.15, 0.2) is 23.4 Å². The van der Waals surface area contributed by atoms with E-state index in [9.17, 15) is 8.42 Å². The summed E-state index contributed by atoms with van der Waals surface area (Å²) in [6.45, 7) is 8.63. The Hall–Kier alpha value is -1.14. The summed E-state index contributed by atoms with van der Waals surface area (Å²) in [5.41, 5.74) is 0.167. The molecule has 1 heterocycles. The number of rotatable bonds is 8. The van der Waals surface area contributed by atoms with Crippen LogP contribution in [0.3, 0.4) is 0 Å². The van der Waals surface area contributed by atoms with Gasteiger partial charge in [0.25, 0.3) is 0 Å². The highest BCUT2D eigenvalue weighted by molar-refractivity contribution is 7.89. The maximum absolute atomic E-state index is 12.6. The molecule has 0 saturated heterocycles. The molecule has 2 N–H and O–H groups in total. The molecular formula is C14H25N3O2S. The third-order valence-corrected chi connectivity index (χ3v) is 5.25. The van der Waals surface area contributed by atoms with E-state index in [0.717, 1.165) is 25.8 Å². The molecule has 0 bridgehead atoms. The van der Waals surface area contributed by atoms with E-state index in [0.29, 0.717) is 5.69 Å².